The summed E-state index contributed by atoms with van der Waals surface area (Å²) < 4.78 is 88.1. The Kier molecular flexibility index (Phi) is 8.71. The Morgan fingerprint density at radius 2 is 1.94 bits per heavy atom. The van der Waals surface area contributed by atoms with Gasteiger partial charge in [-0.2, -0.15) is 0 Å². The van der Waals surface area contributed by atoms with Crippen LogP contribution in [-0.2, 0) is 15.9 Å². The molecule has 182 valence electrons. The Bertz CT molecular complexity index is 745. The SMILES string of the molecule is Fc1cc(CCCNC2CCN(CCOC3CC(OC(F)(F)F)C3)CC2(F)F)ccc1Cl. The van der Waals surface area contributed by atoms with E-state index in [1.807, 2.05) is 0 Å². The van der Waals surface area contributed by atoms with E-state index in [2.05, 4.69) is 10.1 Å². The van der Waals surface area contributed by atoms with Crippen molar-refractivity contribution in [1.29, 1.82) is 0 Å². The largest absolute Gasteiger partial charge is 0.522 e. The highest BCUT2D eigenvalue weighted by molar-refractivity contribution is 6.30. The van der Waals surface area contributed by atoms with Gasteiger partial charge in [0, 0.05) is 25.9 Å². The van der Waals surface area contributed by atoms with Crippen LogP contribution in [0.1, 0.15) is 31.2 Å². The van der Waals surface area contributed by atoms with Crippen molar-refractivity contribution in [3.8, 4) is 0 Å². The van der Waals surface area contributed by atoms with Crippen molar-refractivity contribution in [3.63, 3.8) is 0 Å². The smallest absolute Gasteiger partial charge is 0.377 e. The zero-order valence-corrected chi connectivity index (χ0v) is 18.2. The molecule has 0 radical (unpaired) electrons. The molecule has 1 saturated heterocycles. The number of aryl methyl sites for hydroxylation is 1. The van der Waals surface area contributed by atoms with Gasteiger partial charge in [-0.1, -0.05) is 17.7 Å². The zero-order valence-electron chi connectivity index (χ0n) is 17.4. The fourth-order valence-corrected chi connectivity index (χ4v) is 4.12. The molecule has 0 bridgehead atoms. The number of rotatable bonds is 10. The Hall–Kier alpha value is -1.07. The minimum absolute atomic E-state index is 0.0519. The van der Waals surface area contributed by atoms with E-state index in [1.165, 1.54) is 12.1 Å². The summed E-state index contributed by atoms with van der Waals surface area (Å²) in [6.07, 6.45) is -4.12. The quantitative estimate of drug-likeness (QED) is 0.379. The van der Waals surface area contributed by atoms with Gasteiger partial charge in [0.1, 0.15) is 5.82 Å². The van der Waals surface area contributed by atoms with E-state index in [1.54, 1.807) is 11.0 Å². The first kappa shape index (κ1) is 25.6. The van der Waals surface area contributed by atoms with E-state index in [0.717, 1.165) is 5.56 Å². The van der Waals surface area contributed by atoms with Crippen LogP contribution in [0.5, 0.6) is 0 Å². The van der Waals surface area contributed by atoms with E-state index in [4.69, 9.17) is 16.3 Å². The molecule has 1 aliphatic carbocycles. The molecule has 1 heterocycles. The first-order valence-electron chi connectivity index (χ1n) is 10.7. The number of likely N-dealkylation sites (tertiary alicyclic amines) is 1. The molecule has 3 rings (SSSR count). The number of hydrogen-bond acceptors (Lipinski definition) is 4. The van der Waals surface area contributed by atoms with E-state index < -0.39 is 36.8 Å². The lowest BCUT2D eigenvalue weighted by atomic mass is 9.92. The molecule has 0 spiro atoms. The average molecular weight is 489 g/mol. The van der Waals surface area contributed by atoms with Crippen molar-refractivity contribution in [2.75, 3.05) is 32.8 Å². The summed E-state index contributed by atoms with van der Waals surface area (Å²) in [4.78, 5) is 1.61. The Balaban J connectivity index is 1.29. The molecule has 1 saturated carbocycles. The number of ether oxygens (including phenoxy) is 2. The second-order valence-corrected chi connectivity index (χ2v) is 8.74. The van der Waals surface area contributed by atoms with Gasteiger partial charge < -0.3 is 10.1 Å². The number of halogens is 7. The van der Waals surface area contributed by atoms with Gasteiger partial charge >= 0.3 is 6.36 Å². The van der Waals surface area contributed by atoms with Gasteiger partial charge in [-0.15, -0.1) is 13.2 Å². The van der Waals surface area contributed by atoms with Gasteiger partial charge in [0.2, 0.25) is 0 Å². The van der Waals surface area contributed by atoms with Gasteiger partial charge in [0.05, 0.1) is 36.4 Å². The summed E-state index contributed by atoms with van der Waals surface area (Å²) in [7, 11) is 0. The third-order valence-corrected chi connectivity index (χ3v) is 6.11. The monoisotopic (exact) mass is 488 g/mol. The lowest BCUT2D eigenvalue weighted by molar-refractivity contribution is -0.357. The first-order chi connectivity index (χ1) is 15.0. The van der Waals surface area contributed by atoms with Crippen LogP contribution >= 0.6 is 11.6 Å². The number of benzene rings is 1. The molecule has 1 atom stereocenters. The molecule has 0 amide bonds. The van der Waals surface area contributed by atoms with Gasteiger partial charge in [0.15, 0.2) is 0 Å². The van der Waals surface area contributed by atoms with Crippen LogP contribution in [0, 0.1) is 5.82 Å². The van der Waals surface area contributed by atoms with Crippen molar-refractivity contribution in [3.05, 3.63) is 34.6 Å². The highest BCUT2D eigenvalue weighted by Gasteiger charge is 2.44. The average Bonchev–Trinajstić information content (AvgIpc) is 2.65. The predicted molar refractivity (Wildman–Crippen MR) is 107 cm³/mol. The Morgan fingerprint density at radius 3 is 2.59 bits per heavy atom. The predicted octanol–water partition coefficient (Wildman–Crippen LogP) is 4.79. The Labute approximate surface area is 188 Å². The fraction of sp³-hybridized carbons (Fsp3) is 0.714. The van der Waals surface area contributed by atoms with E-state index in [-0.39, 0.29) is 37.0 Å². The molecular formula is C21H27ClF6N2O2. The lowest BCUT2D eigenvalue weighted by Crippen LogP contribution is -2.57. The van der Waals surface area contributed by atoms with Crippen LogP contribution in [0.2, 0.25) is 5.02 Å². The Morgan fingerprint density at radius 1 is 1.19 bits per heavy atom. The van der Waals surface area contributed by atoms with Crippen LogP contribution in [0.4, 0.5) is 26.3 Å². The maximum Gasteiger partial charge on any atom is 0.522 e. The summed E-state index contributed by atoms with van der Waals surface area (Å²) in [6.45, 7) is 0.946. The molecule has 1 aliphatic heterocycles. The third kappa shape index (κ3) is 7.76. The van der Waals surface area contributed by atoms with Crippen LogP contribution in [0.3, 0.4) is 0 Å². The highest BCUT2D eigenvalue weighted by atomic mass is 35.5. The number of hydrogen-bond donors (Lipinski definition) is 1. The molecule has 11 heteroatoms. The molecule has 1 unspecified atom stereocenters. The van der Waals surface area contributed by atoms with Crippen molar-refractivity contribution in [2.45, 2.75) is 62.6 Å². The van der Waals surface area contributed by atoms with Crippen molar-refractivity contribution in [2.24, 2.45) is 0 Å². The van der Waals surface area contributed by atoms with Gasteiger partial charge in [0.25, 0.3) is 5.92 Å². The summed E-state index contributed by atoms with van der Waals surface area (Å²) in [5.41, 5.74) is 0.762. The van der Waals surface area contributed by atoms with E-state index >= 15 is 0 Å². The molecule has 2 aliphatic rings. The standard InChI is InChI=1S/C21H27ClF6N2O2/c22-17-4-3-14(10-18(17)23)2-1-6-29-19-5-7-30(13-20(19,24)25)8-9-31-15-11-16(12-15)32-21(26,27)28/h3-4,10,15-16,19,29H,1-2,5-9,11-13H2. The molecule has 4 nitrogen and oxygen atoms in total. The van der Waals surface area contributed by atoms with Crippen molar-refractivity contribution >= 4 is 11.6 Å². The second-order valence-electron chi connectivity index (χ2n) is 8.33. The van der Waals surface area contributed by atoms with Crippen LogP contribution in [0.15, 0.2) is 18.2 Å². The maximum atomic E-state index is 14.5. The normalized spacial score (nSPS) is 26.2. The summed E-state index contributed by atoms with van der Waals surface area (Å²) >= 11 is 5.65. The zero-order chi connectivity index (χ0) is 23.4. The molecule has 1 aromatic rings. The van der Waals surface area contributed by atoms with Crippen molar-refractivity contribution < 1.29 is 35.8 Å². The van der Waals surface area contributed by atoms with Gasteiger partial charge in [-0.3, -0.25) is 9.64 Å². The minimum atomic E-state index is -4.65. The molecule has 32 heavy (non-hydrogen) atoms. The molecular weight excluding hydrogens is 462 g/mol. The topological polar surface area (TPSA) is 33.7 Å². The molecule has 0 aromatic heterocycles. The fourth-order valence-electron chi connectivity index (χ4n) is 4.00. The first-order valence-corrected chi connectivity index (χ1v) is 11.0. The van der Waals surface area contributed by atoms with Crippen LogP contribution in [-0.4, -0.2) is 68.2 Å². The van der Waals surface area contributed by atoms with E-state index in [9.17, 15) is 26.3 Å². The number of piperidine rings is 1. The van der Waals surface area contributed by atoms with Gasteiger partial charge in [-0.25, -0.2) is 13.2 Å². The van der Waals surface area contributed by atoms with E-state index in [0.29, 0.717) is 32.5 Å². The van der Waals surface area contributed by atoms with Gasteiger partial charge in [-0.05, 0) is 43.5 Å². The van der Waals surface area contributed by atoms with Crippen LogP contribution in [0.25, 0.3) is 0 Å². The molecule has 2 fully saturated rings. The minimum Gasteiger partial charge on any atom is -0.377 e. The third-order valence-electron chi connectivity index (χ3n) is 5.81. The number of nitrogens with one attached hydrogen (secondary N) is 1. The molecule has 1 aromatic carbocycles. The summed E-state index contributed by atoms with van der Waals surface area (Å²) in [5.74, 6) is -3.40. The molecule has 1 N–H and O–H groups in total. The number of alkyl halides is 5. The van der Waals surface area contributed by atoms with Crippen LogP contribution < -0.4 is 5.32 Å². The maximum absolute atomic E-state index is 14.5. The lowest BCUT2D eigenvalue weighted by Gasteiger charge is -2.39. The second kappa shape index (κ2) is 10.9. The van der Waals surface area contributed by atoms with Crippen molar-refractivity contribution in [1.82, 2.24) is 10.2 Å². The summed E-state index contributed by atoms with van der Waals surface area (Å²) in [6, 6.07) is 3.61. The summed E-state index contributed by atoms with van der Waals surface area (Å²) in [5, 5.41) is 2.96. The number of nitrogens with zero attached hydrogens (tertiary/aromatic N) is 1. The highest BCUT2D eigenvalue weighted by Crippen LogP contribution is 2.32.